The number of amides is 1. The molecule has 0 spiro atoms. The topological polar surface area (TPSA) is 64.6 Å². The molecular weight excluding hydrogens is 353 g/mol. The number of alkyl carbamates (subject to hydrolysis) is 1. The highest BCUT2D eigenvalue weighted by Crippen LogP contribution is 2.31. The van der Waals surface area contributed by atoms with Crippen LogP contribution >= 0.6 is 34.8 Å². The quantitative estimate of drug-likeness (QED) is 0.356. The fourth-order valence-electron chi connectivity index (χ4n) is 1.39. The molecule has 22 heavy (non-hydrogen) atoms. The molecule has 0 aliphatic heterocycles. The van der Waals surface area contributed by atoms with Crippen molar-refractivity contribution in [3.05, 3.63) is 35.9 Å². The molecular formula is C14H16Cl3NO4. The van der Waals surface area contributed by atoms with Crippen molar-refractivity contribution >= 4 is 46.9 Å². The van der Waals surface area contributed by atoms with Gasteiger partial charge in [-0.05, 0) is 18.6 Å². The fraction of sp³-hybridized carbons (Fsp3) is 0.429. The summed E-state index contributed by atoms with van der Waals surface area (Å²) in [5.41, 5.74) is 0.267. The molecule has 5 nitrogen and oxygen atoms in total. The Kier molecular flexibility index (Phi) is 7.79. The number of alkyl halides is 3. The minimum atomic E-state index is -2.03. The molecule has 1 aromatic rings. The van der Waals surface area contributed by atoms with Crippen LogP contribution in [-0.2, 0) is 9.47 Å². The van der Waals surface area contributed by atoms with E-state index in [-0.39, 0.29) is 12.2 Å². The number of unbranched alkanes of at least 4 members (excludes halogenated alkanes) is 1. The van der Waals surface area contributed by atoms with E-state index in [0.717, 1.165) is 6.42 Å². The van der Waals surface area contributed by atoms with Crippen LogP contribution in [0.5, 0.6) is 0 Å². The van der Waals surface area contributed by atoms with Crippen LogP contribution in [-0.4, -0.2) is 28.7 Å². The van der Waals surface area contributed by atoms with Crippen LogP contribution in [0.25, 0.3) is 0 Å². The van der Waals surface area contributed by atoms with Gasteiger partial charge >= 0.3 is 12.1 Å². The van der Waals surface area contributed by atoms with E-state index in [2.05, 4.69) is 5.32 Å². The third-order valence-corrected chi connectivity index (χ3v) is 3.11. The van der Waals surface area contributed by atoms with E-state index in [1.807, 2.05) is 6.92 Å². The maximum atomic E-state index is 12.0. The lowest BCUT2D eigenvalue weighted by Gasteiger charge is -2.24. The highest BCUT2D eigenvalue weighted by Gasteiger charge is 2.38. The molecule has 0 bridgehead atoms. The van der Waals surface area contributed by atoms with Gasteiger partial charge in [-0.2, -0.15) is 0 Å². The summed E-state index contributed by atoms with van der Waals surface area (Å²) >= 11 is 17.2. The number of halogens is 3. The van der Waals surface area contributed by atoms with E-state index in [0.29, 0.717) is 6.42 Å². The van der Waals surface area contributed by atoms with Gasteiger partial charge in [-0.1, -0.05) is 66.3 Å². The molecule has 0 fully saturated rings. The van der Waals surface area contributed by atoms with Crippen LogP contribution in [0.15, 0.2) is 30.3 Å². The number of ether oxygens (including phenoxy) is 2. The first-order valence-corrected chi connectivity index (χ1v) is 7.74. The number of rotatable bonds is 6. The normalized spacial score (nSPS) is 12.4. The summed E-state index contributed by atoms with van der Waals surface area (Å²) in [6, 6.07) is 8.14. The van der Waals surface area contributed by atoms with Gasteiger partial charge in [-0.15, -0.1) is 0 Å². The molecule has 1 N–H and O–H groups in total. The maximum absolute atomic E-state index is 12.0. The second-order valence-corrected chi connectivity index (χ2v) is 6.70. The number of esters is 1. The molecule has 0 saturated carbocycles. The second-order valence-electron chi connectivity index (χ2n) is 4.33. The van der Waals surface area contributed by atoms with Crippen molar-refractivity contribution in [1.29, 1.82) is 0 Å². The smallest absolute Gasteiger partial charge is 0.410 e. The zero-order chi connectivity index (χ0) is 16.6. The molecule has 1 aromatic carbocycles. The van der Waals surface area contributed by atoms with E-state index in [9.17, 15) is 9.59 Å². The van der Waals surface area contributed by atoms with E-state index < -0.39 is 22.1 Å². The largest absolute Gasteiger partial charge is 0.449 e. The van der Waals surface area contributed by atoms with Crippen LogP contribution < -0.4 is 5.32 Å². The van der Waals surface area contributed by atoms with Gasteiger partial charge < -0.3 is 9.47 Å². The maximum Gasteiger partial charge on any atom is 0.410 e. The first-order chi connectivity index (χ1) is 10.3. The second kappa shape index (κ2) is 9.08. The Bertz CT molecular complexity index is 491. The molecule has 0 aliphatic rings. The molecule has 1 atom stereocenters. The molecule has 1 amide bonds. The summed E-state index contributed by atoms with van der Waals surface area (Å²) in [5, 5.41) is 2.22. The van der Waals surface area contributed by atoms with Gasteiger partial charge in [0.2, 0.25) is 10.0 Å². The van der Waals surface area contributed by atoms with Crippen molar-refractivity contribution in [3.63, 3.8) is 0 Å². The Morgan fingerprint density at radius 3 is 2.41 bits per heavy atom. The van der Waals surface area contributed by atoms with Crippen LogP contribution in [0.3, 0.4) is 0 Å². The first kappa shape index (κ1) is 18.9. The minimum Gasteiger partial charge on any atom is -0.449 e. The zero-order valence-electron chi connectivity index (χ0n) is 11.9. The number of carbonyl (C=O) groups excluding carboxylic acids is 2. The third-order valence-electron chi connectivity index (χ3n) is 2.51. The Balaban J connectivity index is 2.66. The van der Waals surface area contributed by atoms with Crippen LogP contribution in [0.4, 0.5) is 4.79 Å². The van der Waals surface area contributed by atoms with Crippen molar-refractivity contribution in [2.24, 2.45) is 0 Å². The molecule has 0 aromatic heterocycles. The van der Waals surface area contributed by atoms with Crippen molar-refractivity contribution in [2.75, 3.05) is 6.61 Å². The highest BCUT2D eigenvalue weighted by atomic mass is 35.6. The predicted molar refractivity (Wildman–Crippen MR) is 85.3 cm³/mol. The summed E-state index contributed by atoms with van der Waals surface area (Å²) in [7, 11) is 0. The van der Waals surface area contributed by atoms with Gasteiger partial charge in [0.25, 0.3) is 0 Å². The number of hydrogen-bond acceptors (Lipinski definition) is 4. The van der Waals surface area contributed by atoms with E-state index in [1.54, 1.807) is 18.2 Å². The Labute approximate surface area is 143 Å². The SMILES string of the molecule is CCCCOC(=O)N[C@@H](OC(=O)c1ccccc1)C(Cl)(Cl)Cl. The number of benzene rings is 1. The average molecular weight is 369 g/mol. The van der Waals surface area contributed by atoms with E-state index in [4.69, 9.17) is 44.3 Å². The van der Waals surface area contributed by atoms with Gasteiger partial charge in [-0.25, -0.2) is 9.59 Å². The number of nitrogens with one attached hydrogen (secondary N) is 1. The molecule has 0 saturated heterocycles. The standard InChI is InChI=1S/C14H16Cl3NO4/c1-2-3-9-21-13(20)18-12(14(15,16)17)22-11(19)10-7-5-4-6-8-10/h4-8,12H,2-3,9H2,1H3,(H,18,20)/t12-/m0/s1. The number of carbonyl (C=O) groups is 2. The van der Waals surface area contributed by atoms with Crippen LogP contribution in [0.2, 0.25) is 0 Å². The van der Waals surface area contributed by atoms with Crippen LogP contribution in [0, 0.1) is 0 Å². The van der Waals surface area contributed by atoms with Crippen molar-refractivity contribution < 1.29 is 19.1 Å². The van der Waals surface area contributed by atoms with Crippen LogP contribution in [0.1, 0.15) is 30.1 Å². The number of hydrogen-bond donors (Lipinski definition) is 1. The highest BCUT2D eigenvalue weighted by molar-refractivity contribution is 6.68. The van der Waals surface area contributed by atoms with Gasteiger partial charge in [-0.3, -0.25) is 5.32 Å². The Morgan fingerprint density at radius 1 is 1.23 bits per heavy atom. The minimum absolute atomic E-state index is 0.224. The third kappa shape index (κ3) is 6.73. The molecule has 0 unspecified atom stereocenters. The fourth-order valence-corrected chi connectivity index (χ4v) is 1.68. The first-order valence-electron chi connectivity index (χ1n) is 6.60. The van der Waals surface area contributed by atoms with Gasteiger partial charge in [0.15, 0.2) is 0 Å². The summed E-state index contributed by atoms with van der Waals surface area (Å²) in [5.74, 6) is -0.731. The van der Waals surface area contributed by atoms with E-state index in [1.165, 1.54) is 12.1 Å². The predicted octanol–water partition coefficient (Wildman–Crippen LogP) is 4.07. The molecule has 122 valence electrons. The lowest BCUT2D eigenvalue weighted by molar-refractivity contribution is 0.0216. The van der Waals surface area contributed by atoms with Crippen molar-refractivity contribution in [2.45, 2.75) is 29.8 Å². The summed E-state index contributed by atoms with van der Waals surface area (Å²) < 4.78 is 7.88. The average Bonchev–Trinajstić information content (AvgIpc) is 2.46. The Morgan fingerprint density at radius 2 is 1.86 bits per heavy atom. The van der Waals surface area contributed by atoms with E-state index >= 15 is 0 Å². The van der Waals surface area contributed by atoms with Crippen molar-refractivity contribution in [1.82, 2.24) is 5.32 Å². The summed E-state index contributed by atoms with van der Waals surface area (Å²) in [6.07, 6.45) is -0.732. The van der Waals surface area contributed by atoms with Crippen molar-refractivity contribution in [3.8, 4) is 0 Å². The molecule has 8 heteroatoms. The monoisotopic (exact) mass is 367 g/mol. The van der Waals surface area contributed by atoms with Gasteiger partial charge in [0.1, 0.15) is 0 Å². The van der Waals surface area contributed by atoms with Gasteiger partial charge in [0, 0.05) is 0 Å². The molecule has 0 heterocycles. The lowest BCUT2D eigenvalue weighted by Crippen LogP contribution is -2.47. The Hall–Kier alpha value is -1.17. The van der Waals surface area contributed by atoms with Gasteiger partial charge in [0.05, 0.1) is 12.2 Å². The molecule has 1 rings (SSSR count). The molecule has 0 radical (unpaired) electrons. The summed E-state index contributed by atoms with van der Waals surface area (Å²) in [4.78, 5) is 23.5. The zero-order valence-corrected chi connectivity index (χ0v) is 14.1. The summed E-state index contributed by atoms with van der Waals surface area (Å²) in [6.45, 7) is 2.18. The lowest BCUT2D eigenvalue weighted by atomic mass is 10.2. The molecule has 0 aliphatic carbocycles.